The van der Waals surface area contributed by atoms with Gasteiger partial charge in [0, 0.05) is 34.9 Å². The fourth-order valence-corrected chi connectivity index (χ4v) is 5.04. The predicted octanol–water partition coefficient (Wildman–Crippen LogP) is 5.68. The topological polar surface area (TPSA) is 80.6 Å². The Balaban J connectivity index is 1.34. The van der Waals surface area contributed by atoms with E-state index in [4.69, 9.17) is 4.74 Å². The number of nitrogens with zero attached hydrogens (tertiary/aromatic N) is 2. The Morgan fingerprint density at radius 1 is 1.00 bits per heavy atom. The second-order valence-electron chi connectivity index (χ2n) is 8.76. The average molecular weight is 512 g/mol. The first kappa shape index (κ1) is 24.4. The second-order valence-corrected chi connectivity index (χ2v) is 9.75. The number of carbonyl (C=O) groups is 3. The summed E-state index contributed by atoms with van der Waals surface area (Å²) in [4.78, 5) is 39.5. The van der Waals surface area contributed by atoms with E-state index in [-0.39, 0.29) is 6.54 Å². The van der Waals surface area contributed by atoms with Crippen LogP contribution in [0.1, 0.15) is 16.7 Å². The maximum absolute atomic E-state index is 13.1. The van der Waals surface area contributed by atoms with Crippen LogP contribution in [0.25, 0.3) is 17.0 Å². The van der Waals surface area contributed by atoms with Crippen molar-refractivity contribution in [2.45, 2.75) is 13.5 Å². The van der Waals surface area contributed by atoms with Crippen LogP contribution in [0, 0.1) is 6.92 Å². The lowest BCUT2D eigenvalue weighted by molar-refractivity contribution is -0.127. The Bertz CT molecular complexity index is 1520. The van der Waals surface area contributed by atoms with Crippen molar-refractivity contribution in [1.29, 1.82) is 0 Å². The number of ether oxygens (including phenoxy) is 1. The summed E-state index contributed by atoms with van der Waals surface area (Å²) in [6, 6.07) is 23.2. The Morgan fingerprint density at radius 2 is 1.73 bits per heavy atom. The number of para-hydroxylation sites is 1. The van der Waals surface area contributed by atoms with Crippen LogP contribution in [-0.4, -0.2) is 40.2 Å². The zero-order chi connectivity index (χ0) is 25.9. The van der Waals surface area contributed by atoms with E-state index in [1.807, 2.05) is 30.5 Å². The maximum atomic E-state index is 13.1. The molecule has 5 rings (SSSR count). The van der Waals surface area contributed by atoms with E-state index in [9.17, 15) is 14.4 Å². The van der Waals surface area contributed by atoms with Crippen molar-refractivity contribution in [2.24, 2.45) is 0 Å². The van der Waals surface area contributed by atoms with Crippen molar-refractivity contribution < 1.29 is 19.1 Å². The SMILES string of the molecule is COc1ccc(NC(=O)CN2C(=O)S/C(=C\c3cn(Cc4ccc(C)cc4)c4ccccc34)C2=O)cc1. The summed E-state index contributed by atoms with van der Waals surface area (Å²) >= 11 is 0.846. The van der Waals surface area contributed by atoms with Crippen LogP contribution in [-0.2, 0) is 16.1 Å². The third-order valence-corrected chi connectivity index (χ3v) is 7.04. The highest BCUT2D eigenvalue weighted by molar-refractivity contribution is 8.18. The molecule has 1 aliphatic rings. The van der Waals surface area contributed by atoms with Gasteiger partial charge in [-0.1, -0.05) is 48.0 Å². The first-order valence-corrected chi connectivity index (χ1v) is 12.6. The van der Waals surface area contributed by atoms with Crippen LogP contribution in [0.15, 0.2) is 83.9 Å². The highest BCUT2D eigenvalue weighted by Gasteiger charge is 2.36. The minimum atomic E-state index is -0.477. The number of amides is 3. The molecule has 0 saturated carbocycles. The van der Waals surface area contributed by atoms with Crippen molar-refractivity contribution in [2.75, 3.05) is 19.0 Å². The summed E-state index contributed by atoms with van der Waals surface area (Å²) in [7, 11) is 1.56. The van der Waals surface area contributed by atoms with E-state index >= 15 is 0 Å². The van der Waals surface area contributed by atoms with Crippen LogP contribution in [0.5, 0.6) is 5.75 Å². The Hall–Kier alpha value is -4.30. The third-order valence-electron chi connectivity index (χ3n) is 6.13. The number of imide groups is 1. The minimum absolute atomic E-state index is 0.292. The van der Waals surface area contributed by atoms with Gasteiger partial charge in [0.05, 0.1) is 12.0 Å². The molecule has 4 aromatic rings. The Labute approximate surface area is 218 Å². The van der Waals surface area contributed by atoms with Crippen molar-refractivity contribution in [3.05, 3.63) is 101 Å². The fraction of sp³-hybridized carbons (Fsp3) is 0.138. The Morgan fingerprint density at radius 3 is 2.46 bits per heavy atom. The lowest BCUT2D eigenvalue weighted by Gasteiger charge is -2.12. The monoisotopic (exact) mass is 511 g/mol. The van der Waals surface area contributed by atoms with Gasteiger partial charge in [0.15, 0.2) is 0 Å². The van der Waals surface area contributed by atoms with Gasteiger partial charge in [-0.25, -0.2) is 0 Å². The van der Waals surface area contributed by atoms with Gasteiger partial charge in [-0.3, -0.25) is 19.3 Å². The van der Waals surface area contributed by atoms with E-state index < -0.39 is 17.1 Å². The van der Waals surface area contributed by atoms with Crippen molar-refractivity contribution >= 4 is 51.5 Å². The van der Waals surface area contributed by atoms with Gasteiger partial charge in [0.25, 0.3) is 11.1 Å². The highest BCUT2D eigenvalue weighted by Crippen LogP contribution is 2.34. The van der Waals surface area contributed by atoms with Crippen LogP contribution in [0.3, 0.4) is 0 Å². The van der Waals surface area contributed by atoms with E-state index in [1.54, 1.807) is 37.5 Å². The first-order chi connectivity index (χ1) is 17.9. The molecule has 2 heterocycles. The smallest absolute Gasteiger partial charge is 0.294 e. The van der Waals surface area contributed by atoms with Gasteiger partial charge in [-0.15, -0.1) is 0 Å². The van der Waals surface area contributed by atoms with E-state index in [2.05, 4.69) is 41.1 Å². The number of hydrogen-bond donors (Lipinski definition) is 1. The molecule has 0 unspecified atom stereocenters. The molecule has 7 nitrogen and oxygen atoms in total. The molecule has 0 bridgehead atoms. The summed E-state index contributed by atoms with van der Waals surface area (Å²) in [6.45, 7) is 2.38. The summed E-state index contributed by atoms with van der Waals surface area (Å²) in [5.74, 6) is -0.270. The molecule has 1 N–H and O–H groups in total. The van der Waals surface area contributed by atoms with Crippen LogP contribution in [0.4, 0.5) is 10.5 Å². The molecule has 1 saturated heterocycles. The number of thioether (sulfide) groups is 1. The molecule has 3 aromatic carbocycles. The number of rotatable bonds is 7. The van der Waals surface area contributed by atoms with E-state index in [1.165, 1.54) is 11.1 Å². The lowest BCUT2D eigenvalue weighted by atomic mass is 10.1. The largest absolute Gasteiger partial charge is 0.497 e. The number of anilines is 1. The van der Waals surface area contributed by atoms with Crippen molar-refractivity contribution in [3.8, 4) is 5.75 Å². The lowest BCUT2D eigenvalue weighted by Crippen LogP contribution is -2.36. The van der Waals surface area contributed by atoms with Gasteiger partial charge in [-0.2, -0.15) is 0 Å². The molecule has 37 heavy (non-hydrogen) atoms. The number of carbonyl (C=O) groups excluding carboxylic acids is 3. The Kier molecular flexibility index (Phi) is 6.83. The number of aromatic nitrogens is 1. The van der Waals surface area contributed by atoms with Crippen molar-refractivity contribution in [3.63, 3.8) is 0 Å². The third kappa shape index (κ3) is 5.29. The summed E-state index contributed by atoms with van der Waals surface area (Å²) < 4.78 is 7.25. The van der Waals surface area contributed by atoms with Crippen molar-refractivity contribution in [1.82, 2.24) is 9.47 Å². The quantitative estimate of drug-likeness (QED) is 0.323. The van der Waals surface area contributed by atoms with Crippen LogP contribution < -0.4 is 10.1 Å². The molecule has 8 heteroatoms. The van der Waals surface area contributed by atoms with E-state index in [0.717, 1.165) is 33.1 Å². The molecule has 1 aliphatic heterocycles. The maximum Gasteiger partial charge on any atom is 0.294 e. The molecule has 0 spiro atoms. The average Bonchev–Trinajstić information content (AvgIpc) is 3.37. The van der Waals surface area contributed by atoms with Crippen LogP contribution in [0.2, 0.25) is 0 Å². The first-order valence-electron chi connectivity index (χ1n) is 11.7. The summed E-state index contributed by atoms with van der Waals surface area (Å²) in [6.07, 6.45) is 3.73. The normalized spacial score (nSPS) is 14.5. The predicted molar refractivity (Wildman–Crippen MR) is 147 cm³/mol. The number of aryl methyl sites for hydroxylation is 1. The van der Waals surface area contributed by atoms with Gasteiger partial charge in [-0.05, 0) is 60.7 Å². The molecular weight excluding hydrogens is 486 g/mol. The fourth-order valence-electron chi connectivity index (χ4n) is 4.21. The number of methoxy groups -OCH3 is 1. The van der Waals surface area contributed by atoms with Gasteiger partial charge < -0.3 is 14.6 Å². The second kappa shape index (κ2) is 10.4. The highest BCUT2D eigenvalue weighted by atomic mass is 32.2. The molecule has 186 valence electrons. The van der Waals surface area contributed by atoms with Crippen LogP contribution >= 0.6 is 11.8 Å². The zero-order valence-electron chi connectivity index (χ0n) is 20.4. The number of hydrogen-bond acceptors (Lipinski definition) is 5. The molecule has 1 aromatic heterocycles. The van der Waals surface area contributed by atoms with Gasteiger partial charge in [0.1, 0.15) is 12.3 Å². The number of benzene rings is 3. The number of fused-ring (bicyclic) bond motifs is 1. The molecule has 3 amide bonds. The van der Waals surface area contributed by atoms with Gasteiger partial charge >= 0.3 is 0 Å². The standard InChI is InChI=1S/C29H25N3O4S/c1-19-7-9-20(10-8-19)16-31-17-21(24-5-3-4-6-25(24)31)15-26-28(34)32(29(35)37-26)18-27(33)30-22-11-13-23(36-2)14-12-22/h3-15,17H,16,18H2,1-2H3,(H,30,33)/b26-15-. The molecule has 0 aliphatic carbocycles. The van der Waals surface area contributed by atoms with E-state index in [0.29, 0.717) is 22.9 Å². The summed E-state index contributed by atoms with van der Waals surface area (Å²) in [5.41, 5.74) is 4.80. The molecule has 0 atom stereocenters. The summed E-state index contributed by atoms with van der Waals surface area (Å²) in [5, 5.41) is 3.22. The molecular formula is C29H25N3O4S. The van der Waals surface area contributed by atoms with Gasteiger partial charge in [0.2, 0.25) is 5.91 Å². The minimum Gasteiger partial charge on any atom is -0.497 e. The molecule has 1 fully saturated rings. The molecule has 0 radical (unpaired) electrons. The number of nitrogens with one attached hydrogen (secondary N) is 1. The zero-order valence-corrected chi connectivity index (χ0v) is 21.2.